The summed E-state index contributed by atoms with van der Waals surface area (Å²) in [4.78, 5) is 23.9. The Morgan fingerprint density at radius 2 is 2.41 bits per heavy atom. The van der Waals surface area contributed by atoms with Gasteiger partial charge < -0.3 is 9.80 Å². The third kappa shape index (κ3) is 4.32. The van der Waals surface area contributed by atoms with Crippen molar-refractivity contribution < 1.29 is 9.18 Å². The molecule has 3 atom stereocenters. The van der Waals surface area contributed by atoms with Crippen molar-refractivity contribution in [3.8, 4) is 0 Å². The molecule has 1 unspecified atom stereocenters. The van der Waals surface area contributed by atoms with Crippen molar-refractivity contribution in [3.63, 3.8) is 0 Å². The van der Waals surface area contributed by atoms with E-state index in [-0.39, 0.29) is 11.9 Å². The highest BCUT2D eigenvalue weighted by Gasteiger charge is 2.34. The van der Waals surface area contributed by atoms with Crippen molar-refractivity contribution in [2.75, 3.05) is 31.3 Å². The van der Waals surface area contributed by atoms with Crippen LogP contribution >= 0.6 is 11.8 Å². The Hall–Kier alpha value is -1.37. The van der Waals surface area contributed by atoms with Crippen molar-refractivity contribution in [1.82, 2.24) is 14.9 Å². The maximum absolute atomic E-state index is 13.8. The summed E-state index contributed by atoms with van der Waals surface area (Å²) in [7, 11) is 1.79. The first-order valence-corrected chi connectivity index (χ1v) is 8.73. The summed E-state index contributed by atoms with van der Waals surface area (Å²) in [5.74, 6) is 0.824. The Kier molecular flexibility index (Phi) is 5.99. The molecular weight excluding hydrogens is 303 g/mol. The molecule has 1 saturated heterocycles. The number of carbonyl (C=O) groups is 1. The highest BCUT2D eigenvalue weighted by molar-refractivity contribution is 7.99. The van der Waals surface area contributed by atoms with Crippen LogP contribution in [0.4, 0.5) is 10.2 Å². The molecule has 0 aromatic carbocycles. The SMILES string of the molecule is CSC(C)CC(=O)N(C)C[C@@H]1C[C@H](F)CN1c1ccncn1. The van der Waals surface area contributed by atoms with Crippen molar-refractivity contribution in [2.24, 2.45) is 0 Å². The van der Waals surface area contributed by atoms with Gasteiger partial charge in [0.2, 0.25) is 5.91 Å². The normalized spacial score (nSPS) is 22.6. The van der Waals surface area contributed by atoms with Gasteiger partial charge in [-0.05, 0) is 12.3 Å². The van der Waals surface area contributed by atoms with Gasteiger partial charge in [0.25, 0.3) is 0 Å². The molecule has 1 fully saturated rings. The summed E-state index contributed by atoms with van der Waals surface area (Å²) in [5, 5.41) is 0.297. The van der Waals surface area contributed by atoms with Gasteiger partial charge >= 0.3 is 0 Å². The molecule has 0 saturated carbocycles. The van der Waals surface area contributed by atoms with E-state index < -0.39 is 6.17 Å². The molecular formula is C15H23FN4OS. The van der Waals surface area contributed by atoms with Crippen molar-refractivity contribution in [3.05, 3.63) is 18.6 Å². The maximum Gasteiger partial charge on any atom is 0.223 e. The zero-order chi connectivity index (χ0) is 16.1. The number of hydrogen-bond acceptors (Lipinski definition) is 5. The van der Waals surface area contributed by atoms with Gasteiger partial charge in [0.15, 0.2) is 0 Å². The molecule has 1 aromatic rings. The van der Waals surface area contributed by atoms with Gasteiger partial charge in [-0.15, -0.1) is 0 Å². The standard InChI is InChI=1S/C15H23FN4OS/c1-11(22-3)6-15(21)19(2)9-13-7-12(16)8-20(13)14-4-5-17-10-18-14/h4-5,10-13H,6-9H2,1-3H3/t11?,12-,13-/m0/s1. The molecule has 1 aliphatic heterocycles. The van der Waals surface area contributed by atoms with Crippen molar-refractivity contribution in [1.29, 1.82) is 0 Å². The van der Waals surface area contributed by atoms with Crippen LogP contribution < -0.4 is 4.90 Å². The van der Waals surface area contributed by atoms with Gasteiger partial charge in [-0.3, -0.25) is 4.79 Å². The van der Waals surface area contributed by atoms with Gasteiger partial charge in [0, 0.05) is 37.9 Å². The highest BCUT2D eigenvalue weighted by atomic mass is 32.2. The maximum atomic E-state index is 13.8. The Morgan fingerprint density at radius 3 is 3.05 bits per heavy atom. The van der Waals surface area contributed by atoms with Gasteiger partial charge in [-0.1, -0.05) is 6.92 Å². The molecule has 1 amide bonds. The molecule has 5 nitrogen and oxygen atoms in total. The fourth-order valence-corrected chi connectivity index (χ4v) is 2.98. The van der Waals surface area contributed by atoms with E-state index in [2.05, 4.69) is 9.97 Å². The van der Waals surface area contributed by atoms with Gasteiger partial charge in [0.1, 0.15) is 18.3 Å². The van der Waals surface area contributed by atoms with Crippen LogP contribution in [-0.2, 0) is 4.79 Å². The first-order valence-electron chi connectivity index (χ1n) is 7.44. The Bertz CT molecular complexity index is 490. The molecule has 0 spiro atoms. The smallest absolute Gasteiger partial charge is 0.223 e. The van der Waals surface area contributed by atoms with E-state index in [9.17, 15) is 9.18 Å². The lowest BCUT2D eigenvalue weighted by molar-refractivity contribution is -0.130. The van der Waals surface area contributed by atoms with E-state index in [0.29, 0.717) is 31.2 Å². The highest BCUT2D eigenvalue weighted by Crippen LogP contribution is 2.26. The van der Waals surface area contributed by atoms with Crippen LogP contribution in [0, 0.1) is 0 Å². The third-order valence-electron chi connectivity index (χ3n) is 4.00. The number of aromatic nitrogens is 2. The van der Waals surface area contributed by atoms with E-state index in [1.165, 1.54) is 6.33 Å². The summed E-state index contributed by atoms with van der Waals surface area (Å²) >= 11 is 1.68. The van der Waals surface area contributed by atoms with E-state index in [0.717, 1.165) is 5.82 Å². The zero-order valence-corrected chi connectivity index (χ0v) is 14.1. The quantitative estimate of drug-likeness (QED) is 0.800. The number of likely N-dealkylation sites (N-methyl/N-ethyl adjacent to an activating group) is 1. The van der Waals surface area contributed by atoms with Crippen LogP contribution in [0.3, 0.4) is 0 Å². The summed E-state index contributed by atoms with van der Waals surface area (Å²) < 4.78 is 13.8. The second-order valence-corrected chi connectivity index (χ2v) is 7.01. The van der Waals surface area contributed by atoms with Gasteiger partial charge in [0.05, 0.1) is 12.6 Å². The second kappa shape index (κ2) is 7.76. The number of thioether (sulfide) groups is 1. The molecule has 1 aromatic heterocycles. The minimum Gasteiger partial charge on any atom is -0.349 e. The molecule has 2 heterocycles. The van der Waals surface area contributed by atoms with Crippen molar-refractivity contribution in [2.45, 2.75) is 37.2 Å². The van der Waals surface area contributed by atoms with Crippen LogP contribution in [0.2, 0.25) is 0 Å². The van der Waals surface area contributed by atoms with E-state index in [4.69, 9.17) is 0 Å². The molecule has 22 heavy (non-hydrogen) atoms. The van der Waals surface area contributed by atoms with Gasteiger partial charge in [-0.25, -0.2) is 14.4 Å². The molecule has 2 rings (SSSR count). The monoisotopic (exact) mass is 326 g/mol. The summed E-state index contributed by atoms with van der Waals surface area (Å²) in [6, 6.07) is 1.74. The second-order valence-electron chi connectivity index (χ2n) is 5.73. The molecule has 122 valence electrons. The van der Waals surface area contributed by atoms with E-state index in [1.807, 2.05) is 18.1 Å². The topological polar surface area (TPSA) is 49.3 Å². The molecule has 0 aliphatic carbocycles. The number of hydrogen-bond donors (Lipinski definition) is 0. The van der Waals surface area contributed by atoms with Crippen molar-refractivity contribution >= 4 is 23.5 Å². The Balaban J connectivity index is 1.99. The lowest BCUT2D eigenvalue weighted by atomic mass is 10.2. The number of carbonyl (C=O) groups excluding carboxylic acids is 1. The van der Waals surface area contributed by atoms with Crippen LogP contribution in [0.15, 0.2) is 18.6 Å². The minimum absolute atomic E-state index is 0.0385. The molecule has 0 bridgehead atoms. The average Bonchev–Trinajstić information content (AvgIpc) is 2.88. The number of anilines is 1. The summed E-state index contributed by atoms with van der Waals surface area (Å²) in [6.45, 7) is 2.88. The Morgan fingerprint density at radius 1 is 1.64 bits per heavy atom. The first kappa shape index (κ1) is 17.0. The lowest BCUT2D eigenvalue weighted by Gasteiger charge is -2.29. The van der Waals surface area contributed by atoms with Crippen LogP contribution in [0.5, 0.6) is 0 Å². The summed E-state index contributed by atoms with van der Waals surface area (Å²) in [6.07, 6.45) is 5.18. The van der Waals surface area contributed by atoms with Crippen LogP contribution in [0.25, 0.3) is 0 Å². The first-order chi connectivity index (χ1) is 10.5. The zero-order valence-electron chi connectivity index (χ0n) is 13.3. The number of nitrogens with zero attached hydrogens (tertiary/aromatic N) is 4. The van der Waals surface area contributed by atoms with Gasteiger partial charge in [-0.2, -0.15) is 11.8 Å². The number of rotatable bonds is 6. The summed E-state index contributed by atoms with van der Waals surface area (Å²) in [5.41, 5.74) is 0. The molecule has 0 N–H and O–H groups in total. The predicted molar refractivity (Wildman–Crippen MR) is 87.9 cm³/mol. The third-order valence-corrected chi connectivity index (χ3v) is 4.97. The number of halogens is 1. The fraction of sp³-hybridized carbons (Fsp3) is 0.667. The average molecular weight is 326 g/mol. The minimum atomic E-state index is -0.881. The van der Waals surface area contributed by atoms with Crippen LogP contribution in [0.1, 0.15) is 19.8 Å². The number of alkyl halides is 1. The van der Waals surface area contributed by atoms with Crippen LogP contribution in [-0.4, -0.2) is 64.6 Å². The molecule has 1 aliphatic rings. The lowest BCUT2D eigenvalue weighted by Crippen LogP contribution is -2.42. The predicted octanol–water partition coefficient (Wildman–Crippen LogP) is 1.99. The molecule has 0 radical (unpaired) electrons. The van der Waals surface area contributed by atoms with E-state index >= 15 is 0 Å². The fourth-order valence-electron chi connectivity index (χ4n) is 2.67. The Labute approximate surface area is 135 Å². The largest absolute Gasteiger partial charge is 0.349 e. The molecule has 7 heteroatoms. The van der Waals surface area contributed by atoms with E-state index in [1.54, 1.807) is 36.0 Å². The number of amides is 1.